The fraction of sp³-hybridized carbons (Fsp3) is 0.391. The SMILES string of the molecule is Cc1c(-c2cc(O[C@H](C)c3ccccn3)c3c(c2)ncn3C(F)F)nnn1[C@@H]1CCNC[C@H]1O. The summed E-state index contributed by atoms with van der Waals surface area (Å²) in [6.07, 6.45) is 2.42. The molecule has 3 atom stereocenters. The Morgan fingerprint density at radius 2 is 2.09 bits per heavy atom. The lowest BCUT2D eigenvalue weighted by atomic mass is 10.0. The van der Waals surface area contributed by atoms with E-state index in [0.717, 1.165) is 29.6 Å². The smallest absolute Gasteiger partial charge is 0.320 e. The maximum atomic E-state index is 13.7. The van der Waals surface area contributed by atoms with E-state index in [-0.39, 0.29) is 17.3 Å². The molecular formula is C23H25F2N7O2. The number of piperidine rings is 1. The summed E-state index contributed by atoms with van der Waals surface area (Å²) in [6.45, 7) is 2.18. The van der Waals surface area contributed by atoms with Crippen LogP contribution >= 0.6 is 0 Å². The van der Waals surface area contributed by atoms with E-state index in [9.17, 15) is 13.9 Å². The minimum atomic E-state index is -2.77. The molecule has 1 saturated heterocycles. The van der Waals surface area contributed by atoms with Gasteiger partial charge in [-0.3, -0.25) is 9.55 Å². The third-order valence-electron chi connectivity index (χ3n) is 6.18. The number of imidazole rings is 1. The number of benzene rings is 1. The summed E-state index contributed by atoms with van der Waals surface area (Å²) in [4.78, 5) is 8.50. The van der Waals surface area contributed by atoms with Gasteiger partial charge in [-0.15, -0.1) is 5.10 Å². The summed E-state index contributed by atoms with van der Waals surface area (Å²) in [5.41, 5.74) is 3.21. The Hall–Kier alpha value is -3.44. The first kappa shape index (κ1) is 22.4. The van der Waals surface area contributed by atoms with Crippen molar-refractivity contribution >= 4 is 11.0 Å². The number of nitrogens with one attached hydrogen (secondary N) is 1. The maximum Gasteiger partial charge on any atom is 0.320 e. The van der Waals surface area contributed by atoms with E-state index in [1.165, 1.54) is 0 Å². The number of ether oxygens (including phenoxy) is 1. The van der Waals surface area contributed by atoms with Crippen LogP contribution in [-0.4, -0.2) is 53.8 Å². The number of fused-ring (bicyclic) bond motifs is 1. The zero-order valence-corrected chi connectivity index (χ0v) is 18.8. The van der Waals surface area contributed by atoms with Gasteiger partial charge in [-0.25, -0.2) is 9.67 Å². The molecule has 1 fully saturated rings. The molecule has 1 aromatic carbocycles. The molecule has 3 aromatic heterocycles. The largest absolute Gasteiger partial charge is 0.482 e. The van der Waals surface area contributed by atoms with Crippen LogP contribution in [0.3, 0.4) is 0 Å². The molecule has 34 heavy (non-hydrogen) atoms. The number of halogens is 2. The summed E-state index contributed by atoms with van der Waals surface area (Å²) >= 11 is 0. The molecular weight excluding hydrogens is 444 g/mol. The lowest BCUT2D eigenvalue weighted by Gasteiger charge is -2.28. The van der Waals surface area contributed by atoms with Crippen LogP contribution in [-0.2, 0) is 0 Å². The Kier molecular flexibility index (Phi) is 5.96. The Bertz CT molecular complexity index is 1290. The lowest BCUT2D eigenvalue weighted by Crippen LogP contribution is -2.42. The third kappa shape index (κ3) is 4.01. The number of pyridine rings is 1. The van der Waals surface area contributed by atoms with Crippen LogP contribution in [0.5, 0.6) is 5.75 Å². The number of aliphatic hydroxyl groups excluding tert-OH is 1. The van der Waals surface area contributed by atoms with E-state index < -0.39 is 18.8 Å². The average molecular weight is 469 g/mol. The fourth-order valence-electron chi connectivity index (χ4n) is 4.41. The van der Waals surface area contributed by atoms with Crippen LogP contribution in [0, 0.1) is 6.92 Å². The van der Waals surface area contributed by atoms with E-state index in [4.69, 9.17) is 4.74 Å². The molecule has 0 radical (unpaired) electrons. The van der Waals surface area contributed by atoms with Gasteiger partial charge in [-0.1, -0.05) is 11.3 Å². The van der Waals surface area contributed by atoms with Gasteiger partial charge in [0, 0.05) is 18.3 Å². The van der Waals surface area contributed by atoms with E-state index in [1.54, 1.807) is 29.1 Å². The van der Waals surface area contributed by atoms with Crippen LogP contribution < -0.4 is 10.1 Å². The number of β-amino-alcohol motifs (C(OH)–C–C–N with tert-alkyl or cyclic N) is 1. The molecule has 11 heteroatoms. The standard InChI is InChI=1S/C23H25F2N7O2/c1-13-21(29-30-32(13)18-6-8-26-11-19(18)33)15-9-17-22(31(12-28-17)23(24)25)20(10-15)34-14(2)16-5-3-4-7-27-16/h3-5,7,9-10,12,14,18-19,23,26,33H,6,8,11H2,1-2H3/t14-,18-,19-/m1/s1. The summed E-state index contributed by atoms with van der Waals surface area (Å²) in [6, 6.07) is 8.65. The lowest BCUT2D eigenvalue weighted by molar-refractivity contribution is 0.0737. The summed E-state index contributed by atoms with van der Waals surface area (Å²) in [5.74, 6) is 0.249. The summed E-state index contributed by atoms with van der Waals surface area (Å²) in [5, 5.41) is 22.2. The molecule has 4 aromatic rings. The molecule has 0 saturated carbocycles. The van der Waals surface area contributed by atoms with E-state index >= 15 is 0 Å². The third-order valence-corrected chi connectivity index (χ3v) is 6.18. The van der Waals surface area contributed by atoms with Crippen LogP contribution in [0.2, 0.25) is 0 Å². The highest BCUT2D eigenvalue weighted by Gasteiger charge is 2.28. The van der Waals surface area contributed by atoms with Gasteiger partial charge >= 0.3 is 6.55 Å². The first-order valence-corrected chi connectivity index (χ1v) is 11.1. The second-order valence-corrected chi connectivity index (χ2v) is 8.38. The van der Waals surface area contributed by atoms with E-state index in [2.05, 4.69) is 25.6 Å². The van der Waals surface area contributed by atoms with Crippen LogP contribution in [0.1, 0.15) is 43.4 Å². The van der Waals surface area contributed by atoms with Crippen molar-refractivity contribution in [2.24, 2.45) is 0 Å². The maximum absolute atomic E-state index is 13.7. The Labute approximate surface area is 194 Å². The highest BCUT2D eigenvalue weighted by molar-refractivity contribution is 5.87. The van der Waals surface area contributed by atoms with Gasteiger partial charge in [0.1, 0.15) is 29.4 Å². The molecule has 4 heterocycles. The highest BCUT2D eigenvalue weighted by Crippen LogP contribution is 2.37. The van der Waals surface area contributed by atoms with Gasteiger partial charge in [0.15, 0.2) is 0 Å². The molecule has 1 aliphatic rings. The van der Waals surface area contributed by atoms with Crippen molar-refractivity contribution in [3.05, 3.63) is 54.2 Å². The number of hydrogen-bond acceptors (Lipinski definition) is 7. The predicted octanol–water partition coefficient (Wildman–Crippen LogP) is 3.43. The van der Waals surface area contributed by atoms with Gasteiger partial charge < -0.3 is 15.2 Å². The molecule has 178 valence electrons. The minimum absolute atomic E-state index is 0.191. The quantitative estimate of drug-likeness (QED) is 0.446. The average Bonchev–Trinajstić information content (AvgIpc) is 3.44. The van der Waals surface area contributed by atoms with Gasteiger partial charge in [-0.05, 0) is 51.1 Å². The van der Waals surface area contributed by atoms with Crippen molar-refractivity contribution in [2.75, 3.05) is 13.1 Å². The van der Waals surface area contributed by atoms with Gasteiger partial charge in [-0.2, -0.15) is 8.78 Å². The number of aliphatic hydroxyl groups is 1. The molecule has 1 aliphatic heterocycles. The van der Waals surface area contributed by atoms with Crippen LogP contribution in [0.4, 0.5) is 8.78 Å². The van der Waals surface area contributed by atoms with Crippen molar-refractivity contribution in [1.29, 1.82) is 0 Å². The Balaban J connectivity index is 1.58. The van der Waals surface area contributed by atoms with Gasteiger partial charge in [0.2, 0.25) is 0 Å². The van der Waals surface area contributed by atoms with Gasteiger partial charge in [0.25, 0.3) is 0 Å². The zero-order valence-electron chi connectivity index (χ0n) is 18.8. The molecule has 5 rings (SSSR count). The van der Waals surface area contributed by atoms with Crippen molar-refractivity contribution < 1.29 is 18.6 Å². The first-order chi connectivity index (χ1) is 16.4. The molecule has 2 N–H and O–H groups in total. The van der Waals surface area contributed by atoms with Gasteiger partial charge in [0.05, 0.1) is 29.1 Å². The first-order valence-electron chi connectivity index (χ1n) is 11.1. The van der Waals surface area contributed by atoms with Crippen LogP contribution in [0.25, 0.3) is 22.3 Å². The molecule has 9 nitrogen and oxygen atoms in total. The summed E-state index contributed by atoms with van der Waals surface area (Å²) < 4.78 is 36.1. The van der Waals surface area contributed by atoms with Crippen molar-refractivity contribution in [1.82, 2.24) is 34.8 Å². The number of hydrogen-bond donors (Lipinski definition) is 2. The Morgan fingerprint density at radius 3 is 2.82 bits per heavy atom. The van der Waals surface area contributed by atoms with Crippen LogP contribution in [0.15, 0.2) is 42.9 Å². The Morgan fingerprint density at radius 1 is 1.24 bits per heavy atom. The highest BCUT2D eigenvalue weighted by atomic mass is 19.3. The second kappa shape index (κ2) is 9.07. The molecule has 0 bridgehead atoms. The van der Waals surface area contributed by atoms with Crippen molar-refractivity contribution in [3.63, 3.8) is 0 Å². The molecule has 0 spiro atoms. The fourth-order valence-corrected chi connectivity index (χ4v) is 4.41. The van der Waals surface area contributed by atoms with E-state index in [1.807, 2.05) is 26.0 Å². The zero-order chi connectivity index (χ0) is 23.8. The normalized spacial score (nSPS) is 19.6. The molecule has 0 unspecified atom stereocenters. The molecule has 0 aliphatic carbocycles. The summed E-state index contributed by atoms with van der Waals surface area (Å²) in [7, 11) is 0. The van der Waals surface area contributed by atoms with E-state index in [0.29, 0.717) is 29.0 Å². The number of aromatic nitrogens is 6. The van der Waals surface area contributed by atoms with Crippen molar-refractivity contribution in [3.8, 4) is 17.0 Å². The molecule has 0 amide bonds. The number of alkyl halides is 2. The minimum Gasteiger partial charge on any atom is -0.482 e. The number of rotatable bonds is 6. The topological polar surface area (TPSA) is 103 Å². The second-order valence-electron chi connectivity index (χ2n) is 8.38. The number of nitrogens with zero attached hydrogens (tertiary/aromatic N) is 6. The monoisotopic (exact) mass is 469 g/mol. The predicted molar refractivity (Wildman–Crippen MR) is 121 cm³/mol. The van der Waals surface area contributed by atoms with Crippen molar-refractivity contribution in [2.45, 2.75) is 45.1 Å².